The highest BCUT2D eigenvalue weighted by atomic mass is 32.2. The van der Waals surface area contributed by atoms with Crippen LogP contribution >= 0.6 is 0 Å². The van der Waals surface area contributed by atoms with E-state index >= 15 is 0 Å². The fourth-order valence-electron chi connectivity index (χ4n) is 1.69. The van der Waals surface area contributed by atoms with Gasteiger partial charge in [0.1, 0.15) is 17.5 Å². The molecule has 0 atom stereocenters. The molecule has 0 aliphatic rings. The Hall–Kier alpha value is -1.83. The quantitative estimate of drug-likeness (QED) is 0.754. The number of nitrogens with zero attached hydrogens (tertiary/aromatic N) is 2. The van der Waals surface area contributed by atoms with Crippen LogP contribution in [0.5, 0.6) is 0 Å². The first kappa shape index (κ1) is 17.2. The first-order valence-electron chi connectivity index (χ1n) is 6.50. The lowest BCUT2D eigenvalue weighted by atomic mass is 10.2. The van der Waals surface area contributed by atoms with E-state index in [4.69, 9.17) is 4.74 Å². The van der Waals surface area contributed by atoms with Crippen molar-refractivity contribution in [2.24, 2.45) is 0 Å². The number of rotatable bonds is 7. The van der Waals surface area contributed by atoms with Crippen LogP contribution in [0.25, 0.3) is 0 Å². The monoisotopic (exact) mass is 315 g/mol. The fourth-order valence-corrected chi connectivity index (χ4v) is 2.10. The van der Waals surface area contributed by atoms with Crippen LogP contribution in [-0.2, 0) is 14.6 Å². The zero-order valence-corrected chi connectivity index (χ0v) is 13.5. The molecule has 0 fully saturated rings. The van der Waals surface area contributed by atoms with Gasteiger partial charge in [-0.25, -0.2) is 18.2 Å². The minimum absolute atomic E-state index is 0.248. The summed E-state index contributed by atoms with van der Waals surface area (Å²) in [5.41, 5.74) is 0.321. The van der Waals surface area contributed by atoms with E-state index in [1.54, 1.807) is 6.07 Å². The van der Waals surface area contributed by atoms with E-state index in [1.807, 2.05) is 18.9 Å². The Balaban J connectivity index is 3.11. The second-order valence-electron chi connectivity index (χ2n) is 4.76. The number of sulfone groups is 1. The number of aromatic nitrogens is 1. The molecule has 0 unspecified atom stereocenters. The maximum Gasteiger partial charge on any atom is 0.338 e. The number of carbonyl (C=O) groups is 1. The van der Waals surface area contributed by atoms with Crippen LogP contribution in [0.1, 0.15) is 23.7 Å². The fraction of sp³-hybridized carbons (Fsp3) is 0.538. The van der Waals surface area contributed by atoms with E-state index in [-0.39, 0.29) is 5.88 Å². The summed E-state index contributed by atoms with van der Waals surface area (Å²) in [6.45, 7) is 2.80. The number of esters is 1. The van der Waals surface area contributed by atoms with Crippen LogP contribution in [0.3, 0.4) is 0 Å². The van der Waals surface area contributed by atoms with E-state index in [2.05, 4.69) is 10.3 Å². The first-order chi connectivity index (χ1) is 9.76. The van der Waals surface area contributed by atoms with Crippen molar-refractivity contribution in [1.29, 1.82) is 0 Å². The van der Waals surface area contributed by atoms with Gasteiger partial charge in [0.25, 0.3) is 0 Å². The van der Waals surface area contributed by atoms with E-state index in [1.165, 1.54) is 13.2 Å². The normalized spacial score (nSPS) is 11.0. The molecule has 0 amide bonds. The van der Waals surface area contributed by atoms with Crippen molar-refractivity contribution >= 4 is 27.4 Å². The summed E-state index contributed by atoms with van der Waals surface area (Å²) < 4.78 is 27.1. The molecule has 1 rings (SSSR count). The van der Waals surface area contributed by atoms with Crippen molar-refractivity contribution in [3.8, 4) is 0 Å². The predicted molar refractivity (Wildman–Crippen MR) is 82.5 cm³/mol. The number of pyridine rings is 1. The number of carbonyl (C=O) groups excluding carboxylic acids is 1. The minimum atomic E-state index is -3.19. The van der Waals surface area contributed by atoms with Crippen LogP contribution in [0.4, 0.5) is 11.6 Å². The minimum Gasteiger partial charge on any atom is -0.465 e. The molecule has 0 aromatic carbocycles. The van der Waals surface area contributed by atoms with Crippen molar-refractivity contribution in [3.63, 3.8) is 0 Å². The van der Waals surface area contributed by atoms with E-state index in [0.29, 0.717) is 17.2 Å². The largest absolute Gasteiger partial charge is 0.465 e. The molecule has 0 spiro atoms. The molecular formula is C13H21N3O4S. The van der Waals surface area contributed by atoms with Crippen LogP contribution < -0.4 is 10.2 Å². The van der Waals surface area contributed by atoms with Crippen molar-refractivity contribution in [2.45, 2.75) is 13.3 Å². The lowest BCUT2D eigenvalue weighted by molar-refractivity contribution is 0.0600. The summed E-state index contributed by atoms with van der Waals surface area (Å²) in [7, 11) is -0.0373. The maximum absolute atomic E-state index is 11.7. The number of ether oxygens (including phenoxy) is 1. The van der Waals surface area contributed by atoms with Crippen LogP contribution in [0.15, 0.2) is 12.1 Å². The molecule has 1 aromatic rings. The molecule has 0 saturated heterocycles. The van der Waals surface area contributed by atoms with Gasteiger partial charge in [0, 0.05) is 19.8 Å². The third kappa shape index (κ3) is 5.58. The average Bonchev–Trinajstić information content (AvgIpc) is 2.43. The molecule has 7 nitrogen and oxygen atoms in total. The second kappa shape index (κ2) is 7.26. The highest BCUT2D eigenvalue weighted by Crippen LogP contribution is 2.18. The molecule has 21 heavy (non-hydrogen) atoms. The molecule has 1 N–H and O–H groups in total. The van der Waals surface area contributed by atoms with Gasteiger partial charge >= 0.3 is 5.97 Å². The number of nitrogens with one attached hydrogen (secondary N) is 1. The van der Waals surface area contributed by atoms with Gasteiger partial charge in [0.05, 0.1) is 12.7 Å². The van der Waals surface area contributed by atoms with Crippen LogP contribution in [0.2, 0.25) is 0 Å². The van der Waals surface area contributed by atoms with E-state index in [9.17, 15) is 13.2 Å². The van der Waals surface area contributed by atoms with Gasteiger partial charge in [0.2, 0.25) is 0 Å². The number of anilines is 2. The molecule has 0 bridgehead atoms. The molecule has 0 aliphatic carbocycles. The van der Waals surface area contributed by atoms with Gasteiger partial charge < -0.3 is 15.0 Å². The molecule has 8 heteroatoms. The number of hydrogen-bond donors (Lipinski definition) is 1. The van der Waals surface area contributed by atoms with Crippen molar-refractivity contribution in [1.82, 2.24) is 4.98 Å². The molecule has 118 valence electrons. The Morgan fingerprint density at radius 1 is 1.43 bits per heavy atom. The Bertz CT molecular complexity index is 601. The lowest BCUT2D eigenvalue weighted by Crippen LogP contribution is -2.21. The van der Waals surface area contributed by atoms with Crippen LogP contribution in [-0.4, -0.2) is 52.2 Å². The first-order valence-corrected chi connectivity index (χ1v) is 8.56. The molecule has 1 heterocycles. The maximum atomic E-state index is 11.7. The molecule has 0 saturated carbocycles. The molecular weight excluding hydrogens is 294 g/mol. The highest BCUT2D eigenvalue weighted by Gasteiger charge is 2.13. The molecule has 0 radical (unpaired) electrons. The van der Waals surface area contributed by atoms with Gasteiger partial charge in [-0.3, -0.25) is 0 Å². The summed E-state index contributed by atoms with van der Waals surface area (Å²) in [6.07, 6.45) is 2.04. The van der Waals surface area contributed by atoms with Gasteiger partial charge in [-0.2, -0.15) is 0 Å². The number of hydrogen-bond acceptors (Lipinski definition) is 7. The Kier molecular flexibility index (Phi) is 5.95. The van der Waals surface area contributed by atoms with Crippen LogP contribution in [0, 0.1) is 0 Å². The number of methoxy groups -OCH3 is 1. The Labute approximate surface area is 125 Å². The van der Waals surface area contributed by atoms with Gasteiger partial charge in [-0.05, 0) is 18.6 Å². The van der Waals surface area contributed by atoms with Crippen molar-refractivity contribution < 1.29 is 17.9 Å². The Morgan fingerprint density at radius 3 is 2.62 bits per heavy atom. The SMILES string of the molecule is CCCN(C)c1cc(C(=O)OC)cc(NCS(C)(=O)=O)n1. The standard InChI is InChI=1S/C13H21N3O4S/c1-5-6-16(2)12-8-10(13(17)20-3)7-11(15-12)14-9-21(4,18)19/h7-8H,5-6,9H2,1-4H3,(H,14,15). The van der Waals surface area contributed by atoms with Gasteiger partial charge in [0.15, 0.2) is 9.84 Å². The van der Waals surface area contributed by atoms with E-state index < -0.39 is 15.8 Å². The topological polar surface area (TPSA) is 88.6 Å². The predicted octanol–water partition coefficient (Wildman–Crippen LogP) is 1.13. The smallest absolute Gasteiger partial charge is 0.338 e. The zero-order chi connectivity index (χ0) is 16.0. The summed E-state index contributed by atoms with van der Waals surface area (Å²) in [5.74, 6) is 0.157. The summed E-state index contributed by atoms with van der Waals surface area (Å²) in [6, 6.07) is 3.09. The van der Waals surface area contributed by atoms with Gasteiger partial charge in [-0.1, -0.05) is 6.92 Å². The molecule has 1 aromatic heterocycles. The Morgan fingerprint density at radius 2 is 2.10 bits per heavy atom. The van der Waals surface area contributed by atoms with Crippen molar-refractivity contribution in [3.05, 3.63) is 17.7 Å². The third-order valence-corrected chi connectivity index (χ3v) is 3.37. The van der Waals surface area contributed by atoms with E-state index in [0.717, 1.165) is 19.2 Å². The average molecular weight is 315 g/mol. The second-order valence-corrected chi connectivity index (χ2v) is 6.90. The highest BCUT2D eigenvalue weighted by molar-refractivity contribution is 7.90. The van der Waals surface area contributed by atoms with Gasteiger partial charge in [-0.15, -0.1) is 0 Å². The summed E-state index contributed by atoms with van der Waals surface area (Å²) >= 11 is 0. The summed E-state index contributed by atoms with van der Waals surface area (Å²) in [4.78, 5) is 17.9. The summed E-state index contributed by atoms with van der Waals surface area (Å²) in [5, 5.41) is 2.71. The molecule has 0 aliphatic heterocycles. The third-order valence-electron chi connectivity index (χ3n) is 2.70. The zero-order valence-electron chi connectivity index (χ0n) is 12.7. The lowest BCUT2D eigenvalue weighted by Gasteiger charge is -2.19. The van der Waals surface area contributed by atoms with Crippen molar-refractivity contribution in [2.75, 3.05) is 43.1 Å².